The molecule has 7 heteroatoms. The number of carbonyl (C=O) groups excluding carboxylic acids is 2. The van der Waals surface area contributed by atoms with Crippen molar-refractivity contribution in [2.24, 2.45) is 0 Å². The van der Waals surface area contributed by atoms with Crippen LogP contribution in [0.5, 0.6) is 0 Å². The number of nitrogens with one attached hydrogen (secondary N) is 1. The molecule has 1 heterocycles. The van der Waals surface area contributed by atoms with Gasteiger partial charge in [-0.15, -0.1) is 0 Å². The quantitative estimate of drug-likeness (QED) is 0.663. The van der Waals surface area contributed by atoms with Crippen LogP contribution in [0.3, 0.4) is 0 Å². The lowest BCUT2D eigenvalue weighted by atomic mass is 10.2. The fraction of sp³-hybridized carbons (Fsp3) is 0.150. The molecule has 27 heavy (non-hydrogen) atoms. The number of benzene rings is 2. The monoisotopic (exact) mass is 383 g/mol. The van der Waals surface area contributed by atoms with E-state index >= 15 is 0 Å². The first-order valence-corrected chi connectivity index (χ1v) is 8.70. The Labute approximate surface area is 161 Å². The highest BCUT2D eigenvalue weighted by Crippen LogP contribution is 2.17. The number of rotatable bonds is 6. The summed E-state index contributed by atoms with van der Waals surface area (Å²) in [6, 6.07) is 16.5. The van der Waals surface area contributed by atoms with Gasteiger partial charge in [-0.3, -0.25) is 9.59 Å². The Bertz CT molecular complexity index is 954. The van der Waals surface area contributed by atoms with Gasteiger partial charge in [0.15, 0.2) is 0 Å². The first kappa shape index (κ1) is 18.7. The molecule has 0 radical (unpaired) electrons. The maximum atomic E-state index is 12.4. The van der Waals surface area contributed by atoms with Gasteiger partial charge in [-0.1, -0.05) is 48.0 Å². The van der Waals surface area contributed by atoms with Crippen molar-refractivity contribution < 1.29 is 14.3 Å². The summed E-state index contributed by atoms with van der Waals surface area (Å²) in [5.74, 6) is -0.899. The molecule has 0 saturated heterocycles. The lowest BCUT2D eigenvalue weighted by Crippen LogP contribution is -2.30. The van der Waals surface area contributed by atoms with Crippen LogP contribution in [-0.4, -0.2) is 28.2 Å². The molecule has 3 aromatic rings. The number of ether oxygens (including phenoxy) is 1. The normalized spacial score (nSPS) is 10.4. The molecule has 0 bridgehead atoms. The van der Waals surface area contributed by atoms with E-state index in [0.29, 0.717) is 16.3 Å². The molecule has 0 atom stereocenters. The van der Waals surface area contributed by atoms with Crippen LogP contribution >= 0.6 is 11.6 Å². The molecule has 0 saturated carbocycles. The molecule has 0 fully saturated rings. The smallest absolute Gasteiger partial charge is 0.325 e. The minimum Gasteiger partial charge on any atom is -0.460 e. The highest BCUT2D eigenvalue weighted by molar-refractivity contribution is 6.30. The predicted molar refractivity (Wildman–Crippen MR) is 102 cm³/mol. The third-order valence-corrected chi connectivity index (χ3v) is 4.18. The third kappa shape index (κ3) is 4.74. The highest BCUT2D eigenvalue weighted by Gasteiger charge is 2.16. The average Bonchev–Trinajstić information content (AvgIpc) is 3.07. The van der Waals surface area contributed by atoms with Crippen LogP contribution in [-0.2, 0) is 16.1 Å². The van der Waals surface area contributed by atoms with Crippen LogP contribution < -0.4 is 5.32 Å². The molecule has 0 spiro atoms. The Morgan fingerprint density at radius 2 is 1.93 bits per heavy atom. The zero-order valence-electron chi connectivity index (χ0n) is 14.7. The van der Waals surface area contributed by atoms with Gasteiger partial charge in [0.05, 0.1) is 23.1 Å². The van der Waals surface area contributed by atoms with Crippen molar-refractivity contribution in [1.82, 2.24) is 15.1 Å². The van der Waals surface area contributed by atoms with Crippen LogP contribution in [0.2, 0.25) is 5.02 Å². The topological polar surface area (TPSA) is 73.2 Å². The van der Waals surface area contributed by atoms with Gasteiger partial charge in [0.1, 0.15) is 13.2 Å². The fourth-order valence-corrected chi connectivity index (χ4v) is 2.72. The maximum absolute atomic E-state index is 12.4. The number of hydrogen-bond donors (Lipinski definition) is 1. The molecule has 0 unspecified atom stereocenters. The zero-order chi connectivity index (χ0) is 19.2. The Balaban J connectivity index is 1.58. The number of carbonyl (C=O) groups is 2. The van der Waals surface area contributed by atoms with E-state index in [1.54, 1.807) is 29.8 Å². The van der Waals surface area contributed by atoms with Crippen molar-refractivity contribution in [1.29, 1.82) is 0 Å². The maximum Gasteiger partial charge on any atom is 0.325 e. The first-order chi connectivity index (χ1) is 13.0. The van der Waals surface area contributed by atoms with Gasteiger partial charge in [0.25, 0.3) is 5.91 Å². The lowest BCUT2D eigenvalue weighted by molar-refractivity contribution is -0.143. The number of hydrogen-bond acceptors (Lipinski definition) is 4. The SMILES string of the molecule is Cc1c(C(=O)NCC(=O)OCc2ccccc2)cnn1-c1cccc(Cl)c1. The number of halogens is 1. The van der Waals surface area contributed by atoms with Crippen molar-refractivity contribution >= 4 is 23.5 Å². The van der Waals surface area contributed by atoms with Crippen LogP contribution in [0.4, 0.5) is 0 Å². The number of esters is 1. The van der Waals surface area contributed by atoms with E-state index in [1.807, 2.05) is 36.4 Å². The van der Waals surface area contributed by atoms with Crippen molar-refractivity contribution in [3.63, 3.8) is 0 Å². The highest BCUT2D eigenvalue weighted by atomic mass is 35.5. The van der Waals surface area contributed by atoms with Gasteiger partial charge in [0.2, 0.25) is 0 Å². The molecule has 138 valence electrons. The van der Waals surface area contributed by atoms with E-state index in [4.69, 9.17) is 16.3 Å². The van der Waals surface area contributed by atoms with Crippen molar-refractivity contribution in [3.05, 3.63) is 82.6 Å². The zero-order valence-corrected chi connectivity index (χ0v) is 15.4. The van der Waals surface area contributed by atoms with Gasteiger partial charge < -0.3 is 10.1 Å². The second-order valence-corrected chi connectivity index (χ2v) is 6.30. The number of aromatic nitrogens is 2. The average molecular weight is 384 g/mol. The number of amides is 1. The molecule has 2 aromatic carbocycles. The first-order valence-electron chi connectivity index (χ1n) is 8.33. The molecule has 0 aliphatic heterocycles. The number of nitrogens with zero attached hydrogens (tertiary/aromatic N) is 2. The molecular formula is C20H18ClN3O3. The molecule has 3 rings (SSSR count). The second kappa shape index (κ2) is 8.51. The summed E-state index contributed by atoms with van der Waals surface area (Å²) < 4.78 is 6.76. The largest absolute Gasteiger partial charge is 0.460 e. The van der Waals surface area contributed by atoms with Gasteiger partial charge in [-0.05, 0) is 30.7 Å². The molecule has 1 aromatic heterocycles. The van der Waals surface area contributed by atoms with Gasteiger partial charge in [-0.25, -0.2) is 4.68 Å². The van der Waals surface area contributed by atoms with Crippen LogP contribution in [0.15, 0.2) is 60.8 Å². The summed E-state index contributed by atoms with van der Waals surface area (Å²) in [5, 5.41) is 7.37. The molecular weight excluding hydrogens is 366 g/mol. The van der Waals surface area contributed by atoms with Crippen molar-refractivity contribution in [3.8, 4) is 5.69 Å². The molecule has 0 aliphatic carbocycles. The van der Waals surface area contributed by atoms with Crippen molar-refractivity contribution in [2.75, 3.05) is 6.54 Å². The molecule has 6 nitrogen and oxygen atoms in total. The third-order valence-electron chi connectivity index (χ3n) is 3.94. The summed E-state index contributed by atoms with van der Waals surface area (Å²) in [6.07, 6.45) is 1.46. The fourth-order valence-electron chi connectivity index (χ4n) is 2.54. The minimum absolute atomic E-state index is 0.168. The Morgan fingerprint density at radius 3 is 2.67 bits per heavy atom. The summed E-state index contributed by atoms with van der Waals surface area (Å²) in [4.78, 5) is 24.2. The second-order valence-electron chi connectivity index (χ2n) is 5.86. The van der Waals surface area contributed by atoms with E-state index in [9.17, 15) is 9.59 Å². The van der Waals surface area contributed by atoms with Gasteiger partial charge in [0, 0.05) is 5.02 Å². The van der Waals surface area contributed by atoms with Crippen LogP contribution in [0.1, 0.15) is 21.6 Å². The Hall–Kier alpha value is -3.12. The van der Waals surface area contributed by atoms with Crippen molar-refractivity contribution in [2.45, 2.75) is 13.5 Å². The van der Waals surface area contributed by atoms with Crippen LogP contribution in [0, 0.1) is 6.92 Å². The lowest BCUT2D eigenvalue weighted by Gasteiger charge is -2.07. The van der Waals surface area contributed by atoms with E-state index < -0.39 is 11.9 Å². The Kier molecular flexibility index (Phi) is 5.88. The minimum atomic E-state index is -0.507. The predicted octanol–water partition coefficient (Wildman–Crippen LogP) is 3.31. The standard InChI is InChI=1S/C20H18ClN3O3/c1-14-18(11-23-24(14)17-9-5-8-16(21)10-17)20(26)22-12-19(25)27-13-15-6-3-2-4-7-15/h2-11H,12-13H2,1H3,(H,22,26). The summed E-state index contributed by atoms with van der Waals surface area (Å²) >= 11 is 6.00. The van der Waals surface area contributed by atoms with Gasteiger partial charge in [-0.2, -0.15) is 5.10 Å². The summed E-state index contributed by atoms with van der Waals surface area (Å²) in [5.41, 5.74) is 2.66. The summed E-state index contributed by atoms with van der Waals surface area (Å²) in [6.45, 7) is 1.73. The van der Waals surface area contributed by atoms with E-state index in [1.165, 1.54) is 6.20 Å². The summed E-state index contributed by atoms with van der Waals surface area (Å²) in [7, 11) is 0. The van der Waals surface area contributed by atoms with Crippen LogP contribution in [0.25, 0.3) is 5.69 Å². The molecule has 1 N–H and O–H groups in total. The molecule has 0 aliphatic rings. The molecule has 1 amide bonds. The van der Waals surface area contributed by atoms with E-state index in [0.717, 1.165) is 11.3 Å². The Morgan fingerprint density at radius 1 is 1.15 bits per heavy atom. The van der Waals surface area contributed by atoms with E-state index in [2.05, 4.69) is 10.4 Å². The van der Waals surface area contributed by atoms with E-state index in [-0.39, 0.29) is 13.2 Å². The van der Waals surface area contributed by atoms with Gasteiger partial charge >= 0.3 is 5.97 Å².